The summed E-state index contributed by atoms with van der Waals surface area (Å²) in [4.78, 5) is 40.9. The van der Waals surface area contributed by atoms with Gasteiger partial charge in [-0.1, -0.05) is 13.8 Å². The maximum absolute atomic E-state index is 12.9. The SMILES string of the molecule is CC(C)CC(=O)C(=O)N1CC[C@]2(CCCN(CC3CC3)C2=O)C1. The Balaban J connectivity index is 1.63. The highest BCUT2D eigenvalue weighted by atomic mass is 16.2. The number of nitrogens with zero attached hydrogens (tertiary/aromatic N) is 2. The Labute approximate surface area is 138 Å². The normalized spacial score (nSPS) is 28.0. The lowest BCUT2D eigenvalue weighted by atomic mass is 9.78. The van der Waals surface area contributed by atoms with Crippen LogP contribution in [0, 0.1) is 17.3 Å². The fourth-order valence-electron chi connectivity index (χ4n) is 4.00. The Kier molecular flexibility index (Phi) is 4.47. The van der Waals surface area contributed by atoms with E-state index in [1.165, 1.54) is 12.8 Å². The van der Waals surface area contributed by atoms with Crippen molar-refractivity contribution >= 4 is 17.6 Å². The Morgan fingerprint density at radius 2 is 1.96 bits per heavy atom. The van der Waals surface area contributed by atoms with Crippen LogP contribution in [-0.2, 0) is 14.4 Å². The number of hydrogen-bond donors (Lipinski definition) is 0. The van der Waals surface area contributed by atoms with Crippen molar-refractivity contribution in [1.29, 1.82) is 0 Å². The third-order valence-electron chi connectivity index (χ3n) is 5.47. The lowest BCUT2D eigenvalue weighted by Gasteiger charge is -2.39. The Hall–Kier alpha value is -1.39. The van der Waals surface area contributed by atoms with Gasteiger partial charge in [0.1, 0.15) is 0 Å². The molecule has 1 saturated carbocycles. The highest BCUT2D eigenvalue weighted by Crippen LogP contribution is 2.41. The molecule has 3 fully saturated rings. The first kappa shape index (κ1) is 16.5. The summed E-state index contributed by atoms with van der Waals surface area (Å²) < 4.78 is 0. The molecule has 5 nitrogen and oxygen atoms in total. The summed E-state index contributed by atoms with van der Waals surface area (Å²) in [6.07, 6.45) is 5.36. The molecule has 0 radical (unpaired) electrons. The van der Waals surface area contributed by atoms with Crippen molar-refractivity contribution in [2.75, 3.05) is 26.2 Å². The summed E-state index contributed by atoms with van der Waals surface area (Å²) in [5, 5.41) is 0. The molecule has 2 saturated heterocycles. The summed E-state index contributed by atoms with van der Waals surface area (Å²) in [7, 11) is 0. The minimum Gasteiger partial charge on any atom is -0.342 e. The largest absolute Gasteiger partial charge is 0.342 e. The van der Waals surface area contributed by atoms with E-state index in [-0.39, 0.29) is 23.5 Å². The van der Waals surface area contributed by atoms with Gasteiger partial charge in [0.25, 0.3) is 5.91 Å². The van der Waals surface area contributed by atoms with Gasteiger partial charge in [0.15, 0.2) is 0 Å². The number of hydrogen-bond acceptors (Lipinski definition) is 3. The van der Waals surface area contributed by atoms with E-state index >= 15 is 0 Å². The monoisotopic (exact) mass is 320 g/mol. The van der Waals surface area contributed by atoms with E-state index in [2.05, 4.69) is 0 Å². The quantitative estimate of drug-likeness (QED) is 0.727. The van der Waals surface area contributed by atoms with Crippen LogP contribution in [0.2, 0.25) is 0 Å². The van der Waals surface area contributed by atoms with Crippen LogP contribution in [0.15, 0.2) is 0 Å². The molecule has 2 heterocycles. The zero-order valence-corrected chi connectivity index (χ0v) is 14.3. The summed E-state index contributed by atoms with van der Waals surface area (Å²) in [6.45, 7) is 6.62. The van der Waals surface area contributed by atoms with Crippen molar-refractivity contribution < 1.29 is 14.4 Å². The maximum atomic E-state index is 12.9. The molecule has 0 bridgehead atoms. The van der Waals surface area contributed by atoms with E-state index in [1.54, 1.807) is 4.90 Å². The molecule has 5 heteroatoms. The number of carbonyl (C=O) groups is 3. The summed E-state index contributed by atoms with van der Waals surface area (Å²) in [5.74, 6) is 0.411. The molecule has 128 valence electrons. The lowest BCUT2D eigenvalue weighted by molar-refractivity contribution is -0.148. The molecule has 3 rings (SSSR count). The van der Waals surface area contributed by atoms with Crippen LogP contribution in [0.4, 0.5) is 0 Å². The van der Waals surface area contributed by atoms with Gasteiger partial charge in [0.2, 0.25) is 11.7 Å². The lowest BCUT2D eigenvalue weighted by Crippen LogP contribution is -2.51. The average molecular weight is 320 g/mol. The van der Waals surface area contributed by atoms with Gasteiger partial charge in [-0.3, -0.25) is 14.4 Å². The fourth-order valence-corrected chi connectivity index (χ4v) is 4.00. The molecule has 0 aromatic heterocycles. The summed E-state index contributed by atoms with van der Waals surface area (Å²) in [5.41, 5.74) is -0.416. The van der Waals surface area contributed by atoms with Gasteiger partial charge in [-0.05, 0) is 43.9 Å². The summed E-state index contributed by atoms with van der Waals surface area (Å²) >= 11 is 0. The Morgan fingerprint density at radius 1 is 1.22 bits per heavy atom. The number of rotatable bonds is 5. The highest BCUT2D eigenvalue weighted by Gasteiger charge is 2.50. The van der Waals surface area contributed by atoms with Gasteiger partial charge in [-0.25, -0.2) is 0 Å². The van der Waals surface area contributed by atoms with Crippen LogP contribution < -0.4 is 0 Å². The fraction of sp³-hybridized carbons (Fsp3) is 0.833. The second kappa shape index (κ2) is 6.25. The first-order chi connectivity index (χ1) is 10.9. The Bertz CT molecular complexity index is 512. The average Bonchev–Trinajstić information content (AvgIpc) is 3.21. The van der Waals surface area contributed by atoms with Crippen LogP contribution in [0.1, 0.15) is 52.4 Å². The molecule has 1 aliphatic carbocycles. The number of Topliss-reactive ketones (excluding diaryl/α,β-unsaturated/α-hetero) is 1. The van der Waals surface area contributed by atoms with E-state index in [0.717, 1.165) is 25.9 Å². The molecular weight excluding hydrogens is 292 g/mol. The zero-order valence-electron chi connectivity index (χ0n) is 14.3. The van der Waals surface area contributed by atoms with Crippen LogP contribution >= 0.6 is 0 Å². The first-order valence-corrected chi connectivity index (χ1v) is 9.03. The maximum Gasteiger partial charge on any atom is 0.289 e. The highest BCUT2D eigenvalue weighted by molar-refractivity contribution is 6.36. The topological polar surface area (TPSA) is 57.7 Å². The van der Waals surface area contributed by atoms with Gasteiger partial charge >= 0.3 is 0 Å². The molecule has 0 N–H and O–H groups in total. The van der Waals surface area contributed by atoms with Crippen molar-refractivity contribution in [3.05, 3.63) is 0 Å². The van der Waals surface area contributed by atoms with E-state index in [1.807, 2.05) is 18.7 Å². The Morgan fingerprint density at radius 3 is 2.61 bits per heavy atom. The second-order valence-electron chi connectivity index (χ2n) is 8.08. The summed E-state index contributed by atoms with van der Waals surface area (Å²) in [6, 6.07) is 0. The molecule has 2 aliphatic heterocycles. The van der Waals surface area contributed by atoms with Crippen LogP contribution in [-0.4, -0.2) is 53.6 Å². The number of piperidine rings is 1. The first-order valence-electron chi connectivity index (χ1n) is 9.03. The molecule has 0 aromatic carbocycles. The van der Waals surface area contributed by atoms with E-state index in [9.17, 15) is 14.4 Å². The van der Waals surface area contributed by atoms with E-state index in [0.29, 0.717) is 31.8 Å². The minimum absolute atomic E-state index is 0.188. The molecule has 0 unspecified atom stereocenters. The van der Waals surface area contributed by atoms with Crippen molar-refractivity contribution in [2.45, 2.75) is 52.4 Å². The third-order valence-corrected chi connectivity index (χ3v) is 5.47. The predicted molar refractivity (Wildman–Crippen MR) is 86.6 cm³/mol. The molecule has 0 aromatic rings. The van der Waals surface area contributed by atoms with Crippen molar-refractivity contribution in [2.24, 2.45) is 17.3 Å². The molecule has 23 heavy (non-hydrogen) atoms. The van der Waals surface area contributed by atoms with E-state index < -0.39 is 5.41 Å². The number of amides is 2. The van der Waals surface area contributed by atoms with Crippen LogP contribution in [0.25, 0.3) is 0 Å². The molecule has 3 aliphatic rings. The second-order valence-corrected chi connectivity index (χ2v) is 8.08. The van der Waals surface area contributed by atoms with Crippen molar-refractivity contribution in [3.8, 4) is 0 Å². The van der Waals surface area contributed by atoms with Gasteiger partial charge in [0.05, 0.1) is 5.41 Å². The number of carbonyl (C=O) groups excluding carboxylic acids is 3. The van der Waals surface area contributed by atoms with E-state index in [4.69, 9.17) is 0 Å². The van der Waals surface area contributed by atoms with Crippen molar-refractivity contribution in [3.63, 3.8) is 0 Å². The third kappa shape index (κ3) is 3.43. The predicted octanol–water partition coefficient (Wildman–Crippen LogP) is 1.85. The molecule has 2 amide bonds. The van der Waals surface area contributed by atoms with Gasteiger partial charge in [-0.15, -0.1) is 0 Å². The van der Waals surface area contributed by atoms with Gasteiger partial charge in [0, 0.05) is 32.6 Å². The standard InChI is InChI=1S/C18H28N2O3/c1-13(2)10-15(21)16(22)20-9-7-18(12-20)6-3-8-19(17(18)23)11-14-4-5-14/h13-14H,3-12H2,1-2H3/t18-/m1/s1. The van der Waals surface area contributed by atoms with Crippen LogP contribution in [0.5, 0.6) is 0 Å². The zero-order chi connectivity index (χ0) is 16.6. The molecular formula is C18H28N2O3. The molecule has 1 atom stereocenters. The van der Waals surface area contributed by atoms with Crippen molar-refractivity contribution in [1.82, 2.24) is 9.80 Å². The van der Waals surface area contributed by atoms with Crippen LogP contribution in [0.3, 0.4) is 0 Å². The smallest absolute Gasteiger partial charge is 0.289 e. The minimum atomic E-state index is -0.416. The van der Waals surface area contributed by atoms with Gasteiger partial charge in [-0.2, -0.15) is 0 Å². The van der Waals surface area contributed by atoms with Gasteiger partial charge < -0.3 is 9.80 Å². The number of ketones is 1. The molecule has 1 spiro atoms. The number of likely N-dealkylation sites (tertiary alicyclic amines) is 2.